The van der Waals surface area contributed by atoms with Crippen LogP contribution in [0.5, 0.6) is 0 Å². The highest BCUT2D eigenvalue weighted by molar-refractivity contribution is 5.88. The van der Waals surface area contributed by atoms with E-state index < -0.39 is 0 Å². The number of benzene rings is 2. The zero-order chi connectivity index (χ0) is 20.9. The first-order valence-electron chi connectivity index (χ1n) is 10.00. The van der Waals surface area contributed by atoms with E-state index >= 15 is 0 Å². The van der Waals surface area contributed by atoms with Gasteiger partial charge in [-0.25, -0.2) is 9.97 Å². The van der Waals surface area contributed by atoms with Crippen molar-refractivity contribution in [2.75, 3.05) is 41.8 Å². The largest absolute Gasteiger partial charge is 0.378 e. The minimum atomic E-state index is -0.0915. The Morgan fingerprint density at radius 3 is 2.47 bits per heavy atom. The van der Waals surface area contributed by atoms with Gasteiger partial charge in [0.1, 0.15) is 0 Å². The van der Waals surface area contributed by atoms with Gasteiger partial charge in [0, 0.05) is 48.8 Å². The summed E-state index contributed by atoms with van der Waals surface area (Å²) in [5, 5.41) is 6.07. The second-order valence-corrected chi connectivity index (χ2v) is 7.25. The van der Waals surface area contributed by atoms with Crippen molar-refractivity contribution < 1.29 is 9.53 Å². The summed E-state index contributed by atoms with van der Waals surface area (Å²) in [6.45, 7) is 6.98. The highest BCUT2D eigenvalue weighted by Crippen LogP contribution is 2.26. The molecule has 1 fully saturated rings. The highest BCUT2D eigenvalue weighted by atomic mass is 16.5. The number of aryl methyl sites for hydroxylation is 1. The molecule has 154 valence electrons. The first-order chi connectivity index (χ1) is 14.6. The van der Waals surface area contributed by atoms with E-state index in [9.17, 15) is 4.79 Å². The molecule has 3 aromatic rings. The summed E-state index contributed by atoms with van der Waals surface area (Å²) in [6, 6.07) is 15.7. The van der Waals surface area contributed by atoms with Crippen molar-refractivity contribution in [2.45, 2.75) is 13.8 Å². The van der Waals surface area contributed by atoms with Gasteiger partial charge in [-0.15, -0.1) is 0 Å². The maximum Gasteiger partial charge on any atom is 0.227 e. The molecule has 7 heteroatoms. The molecule has 4 rings (SSSR count). The molecule has 1 saturated heterocycles. The van der Waals surface area contributed by atoms with Crippen LogP contribution in [0.4, 0.5) is 23.0 Å². The minimum absolute atomic E-state index is 0.0915. The lowest BCUT2D eigenvalue weighted by molar-refractivity contribution is -0.114. The van der Waals surface area contributed by atoms with Crippen molar-refractivity contribution in [2.24, 2.45) is 0 Å². The number of carbonyl (C=O) groups is 1. The summed E-state index contributed by atoms with van der Waals surface area (Å²) < 4.78 is 5.45. The van der Waals surface area contributed by atoms with E-state index in [1.807, 2.05) is 30.3 Å². The van der Waals surface area contributed by atoms with Crippen LogP contribution in [0.2, 0.25) is 0 Å². The van der Waals surface area contributed by atoms with Gasteiger partial charge < -0.3 is 20.3 Å². The number of rotatable bonds is 5. The number of hydrogen-bond acceptors (Lipinski definition) is 6. The summed E-state index contributed by atoms with van der Waals surface area (Å²) in [4.78, 5) is 22.5. The van der Waals surface area contributed by atoms with Crippen LogP contribution in [-0.2, 0) is 9.53 Å². The average Bonchev–Trinajstić information content (AvgIpc) is 2.75. The maximum atomic E-state index is 11.2. The Hall–Kier alpha value is -3.45. The van der Waals surface area contributed by atoms with Gasteiger partial charge in [0.2, 0.25) is 11.9 Å². The second-order valence-electron chi connectivity index (χ2n) is 7.25. The number of aromatic nitrogens is 2. The Labute approximate surface area is 176 Å². The van der Waals surface area contributed by atoms with Crippen LogP contribution in [-0.4, -0.2) is 42.2 Å². The Balaban J connectivity index is 1.49. The quantitative estimate of drug-likeness (QED) is 0.671. The Morgan fingerprint density at radius 1 is 1.03 bits per heavy atom. The van der Waals surface area contributed by atoms with Crippen LogP contribution in [0, 0.1) is 6.92 Å². The maximum absolute atomic E-state index is 11.2. The molecular weight excluding hydrogens is 378 g/mol. The average molecular weight is 403 g/mol. The van der Waals surface area contributed by atoms with Crippen LogP contribution >= 0.6 is 0 Å². The van der Waals surface area contributed by atoms with Crippen molar-refractivity contribution in [1.29, 1.82) is 0 Å². The van der Waals surface area contributed by atoms with Gasteiger partial charge in [-0.2, -0.15) is 0 Å². The third-order valence-corrected chi connectivity index (χ3v) is 4.96. The number of hydrogen-bond donors (Lipinski definition) is 2. The SMILES string of the molecule is CC(=O)Nc1ccc(-c2ccnc(Nc3ccc(N4CCOCC4)c(C)c3)n2)cc1. The van der Waals surface area contributed by atoms with Gasteiger partial charge in [-0.05, 0) is 48.9 Å². The first-order valence-corrected chi connectivity index (χ1v) is 10.00. The molecule has 2 aromatic carbocycles. The highest BCUT2D eigenvalue weighted by Gasteiger charge is 2.13. The molecule has 0 atom stereocenters. The van der Waals surface area contributed by atoms with Crippen molar-refractivity contribution in [1.82, 2.24) is 9.97 Å². The number of anilines is 4. The van der Waals surface area contributed by atoms with Gasteiger partial charge in [0.25, 0.3) is 0 Å². The van der Waals surface area contributed by atoms with Crippen LogP contribution in [0.3, 0.4) is 0 Å². The van der Waals surface area contributed by atoms with Crippen LogP contribution < -0.4 is 15.5 Å². The molecule has 0 saturated carbocycles. The fourth-order valence-corrected chi connectivity index (χ4v) is 3.53. The molecular formula is C23H25N5O2. The van der Waals surface area contributed by atoms with E-state index in [0.717, 1.165) is 48.9 Å². The molecule has 7 nitrogen and oxygen atoms in total. The van der Waals surface area contributed by atoms with E-state index in [-0.39, 0.29) is 5.91 Å². The monoisotopic (exact) mass is 403 g/mol. The zero-order valence-electron chi connectivity index (χ0n) is 17.2. The molecule has 0 bridgehead atoms. The molecule has 1 amide bonds. The smallest absolute Gasteiger partial charge is 0.227 e. The second kappa shape index (κ2) is 8.92. The predicted molar refractivity (Wildman–Crippen MR) is 119 cm³/mol. The van der Waals surface area contributed by atoms with Gasteiger partial charge in [-0.1, -0.05) is 12.1 Å². The first kappa shape index (κ1) is 19.8. The molecule has 1 aromatic heterocycles. The van der Waals surface area contributed by atoms with E-state index in [4.69, 9.17) is 4.74 Å². The molecule has 1 aliphatic heterocycles. The fraction of sp³-hybridized carbons (Fsp3) is 0.261. The lowest BCUT2D eigenvalue weighted by atomic mass is 10.1. The van der Waals surface area contributed by atoms with Crippen LogP contribution in [0.25, 0.3) is 11.3 Å². The number of nitrogens with one attached hydrogen (secondary N) is 2. The van der Waals surface area contributed by atoms with Crippen molar-refractivity contribution in [3.63, 3.8) is 0 Å². The fourth-order valence-electron chi connectivity index (χ4n) is 3.53. The minimum Gasteiger partial charge on any atom is -0.378 e. The number of carbonyl (C=O) groups excluding carboxylic acids is 1. The molecule has 0 radical (unpaired) electrons. The Kier molecular flexibility index (Phi) is 5.90. The number of ether oxygens (including phenoxy) is 1. The molecule has 0 aliphatic carbocycles. The number of morpholine rings is 1. The van der Waals surface area contributed by atoms with Crippen LogP contribution in [0.1, 0.15) is 12.5 Å². The molecule has 30 heavy (non-hydrogen) atoms. The summed E-state index contributed by atoms with van der Waals surface area (Å²) >= 11 is 0. The van der Waals surface area contributed by atoms with Crippen LogP contribution in [0.15, 0.2) is 54.7 Å². The molecule has 2 N–H and O–H groups in total. The molecule has 0 spiro atoms. The summed E-state index contributed by atoms with van der Waals surface area (Å²) in [7, 11) is 0. The summed E-state index contributed by atoms with van der Waals surface area (Å²) in [6.07, 6.45) is 1.74. The Morgan fingerprint density at radius 2 is 1.77 bits per heavy atom. The standard InChI is InChI=1S/C23H25N5O2/c1-16-15-20(7-8-22(16)28-11-13-30-14-12-28)26-23-24-10-9-21(27-23)18-3-5-19(6-4-18)25-17(2)29/h3-10,15H,11-14H2,1-2H3,(H,25,29)(H,24,26,27). The Bertz CT molecular complexity index is 1030. The topological polar surface area (TPSA) is 79.4 Å². The zero-order valence-corrected chi connectivity index (χ0v) is 17.2. The third kappa shape index (κ3) is 4.75. The summed E-state index contributed by atoms with van der Waals surface area (Å²) in [5.41, 5.74) is 5.90. The third-order valence-electron chi connectivity index (χ3n) is 4.96. The van der Waals surface area contributed by atoms with Crippen molar-refractivity contribution in [3.05, 3.63) is 60.3 Å². The van der Waals surface area contributed by atoms with E-state index in [2.05, 4.69) is 50.6 Å². The van der Waals surface area contributed by atoms with Gasteiger partial charge in [0.15, 0.2) is 0 Å². The summed E-state index contributed by atoms with van der Waals surface area (Å²) in [5.74, 6) is 0.447. The van der Waals surface area contributed by atoms with Gasteiger partial charge >= 0.3 is 0 Å². The van der Waals surface area contributed by atoms with Gasteiger partial charge in [0.05, 0.1) is 18.9 Å². The van der Waals surface area contributed by atoms with E-state index in [1.165, 1.54) is 18.2 Å². The molecule has 0 unspecified atom stereocenters. The van der Waals surface area contributed by atoms with E-state index in [0.29, 0.717) is 5.95 Å². The lowest BCUT2D eigenvalue weighted by Gasteiger charge is -2.30. The normalized spacial score (nSPS) is 13.7. The lowest BCUT2D eigenvalue weighted by Crippen LogP contribution is -2.36. The van der Waals surface area contributed by atoms with E-state index in [1.54, 1.807) is 6.20 Å². The van der Waals surface area contributed by atoms with Gasteiger partial charge in [-0.3, -0.25) is 4.79 Å². The number of amides is 1. The number of nitrogens with zero attached hydrogens (tertiary/aromatic N) is 3. The molecule has 2 heterocycles. The molecule has 1 aliphatic rings. The van der Waals surface area contributed by atoms with Crippen molar-refractivity contribution in [3.8, 4) is 11.3 Å². The van der Waals surface area contributed by atoms with Crippen molar-refractivity contribution >= 4 is 28.9 Å². The predicted octanol–water partition coefficient (Wildman–Crippen LogP) is 3.99.